The molecule has 2 aromatic rings. The predicted octanol–water partition coefficient (Wildman–Crippen LogP) is -0.0277. The fraction of sp³-hybridized carbons (Fsp3) is 0.643. The first-order chi connectivity index (χ1) is 14.0. The highest BCUT2D eigenvalue weighted by Gasteiger charge is 2.56. The van der Waals surface area contributed by atoms with Gasteiger partial charge in [-0.1, -0.05) is 0 Å². The van der Waals surface area contributed by atoms with E-state index < -0.39 is 53.4 Å². The van der Waals surface area contributed by atoms with Crippen LogP contribution < -0.4 is 10.9 Å². The van der Waals surface area contributed by atoms with Crippen molar-refractivity contribution in [3.8, 4) is 0 Å². The van der Waals surface area contributed by atoms with Crippen LogP contribution in [0.1, 0.15) is 12.6 Å². The van der Waals surface area contributed by atoms with E-state index in [4.69, 9.17) is 15.6 Å². The lowest BCUT2D eigenvalue weighted by molar-refractivity contribution is -0.0456. The topological polar surface area (TPSA) is 168 Å². The molecule has 0 spiro atoms. The second-order valence-corrected chi connectivity index (χ2v) is 9.19. The van der Waals surface area contributed by atoms with Gasteiger partial charge in [0.1, 0.15) is 29.4 Å². The number of aliphatic hydroxyl groups is 1. The van der Waals surface area contributed by atoms with E-state index in [0.29, 0.717) is 0 Å². The Bertz CT molecular complexity index is 1070. The number of nitrogens with zero attached hydrogens (tertiary/aromatic N) is 4. The monoisotopic (exact) mass is 470 g/mol. The molecule has 4 rings (SSSR count). The first kappa shape index (κ1) is 21.5. The van der Waals surface area contributed by atoms with Gasteiger partial charge in [0, 0.05) is 18.1 Å². The maximum absolute atomic E-state index is 14.7. The third kappa shape index (κ3) is 4.06. The van der Waals surface area contributed by atoms with Gasteiger partial charge in [0.25, 0.3) is 5.92 Å². The number of thioether (sulfide) groups is 1. The van der Waals surface area contributed by atoms with Crippen LogP contribution in [0.4, 0.5) is 19.0 Å². The number of nitrogens with two attached hydrogens (primary N) is 2. The van der Waals surface area contributed by atoms with Crippen molar-refractivity contribution in [1.29, 1.82) is 0 Å². The molecule has 5 N–H and O–H groups in total. The first-order valence-corrected chi connectivity index (χ1v) is 11.1. The van der Waals surface area contributed by atoms with E-state index in [0.717, 1.165) is 22.8 Å². The van der Waals surface area contributed by atoms with Crippen molar-refractivity contribution in [2.45, 2.75) is 42.0 Å². The van der Waals surface area contributed by atoms with Crippen LogP contribution in [-0.4, -0.2) is 69.9 Å². The van der Waals surface area contributed by atoms with E-state index >= 15 is 0 Å². The molecule has 2 aliphatic rings. The summed E-state index contributed by atoms with van der Waals surface area (Å²) in [6.45, 7) is -0.717. The first-order valence-electron chi connectivity index (χ1n) is 8.62. The van der Waals surface area contributed by atoms with Crippen LogP contribution in [0.25, 0.3) is 11.0 Å². The molecule has 0 radical (unpaired) electrons. The normalized spacial score (nSPS) is 30.8. The highest BCUT2D eigenvalue weighted by molar-refractivity contribution is 7.99. The zero-order valence-electron chi connectivity index (χ0n) is 15.1. The van der Waals surface area contributed by atoms with Gasteiger partial charge in [0.15, 0.2) is 18.0 Å². The quantitative estimate of drug-likeness (QED) is 0.467. The predicted molar refractivity (Wildman–Crippen MR) is 97.4 cm³/mol. The number of rotatable bonds is 7. The minimum Gasteiger partial charge on any atom is -0.387 e. The van der Waals surface area contributed by atoms with Crippen LogP contribution in [0.15, 0.2) is 11.4 Å². The Hall–Kier alpha value is -1.72. The van der Waals surface area contributed by atoms with Crippen LogP contribution in [0.2, 0.25) is 0 Å². The summed E-state index contributed by atoms with van der Waals surface area (Å²) in [4.78, 5) is 7.87. The van der Waals surface area contributed by atoms with Crippen molar-refractivity contribution < 1.29 is 35.6 Å². The van der Waals surface area contributed by atoms with Gasteiger partial charge in [-0.05, 0) is 0 Å². The largest absolute Gasteiger partial charge is 0.387 e. The molecule has 2 aromatic heterocycles. The number of hydrogen-bond donors (Lipinski definition) is 3. The molecular weight excluding hydrogens is 453 g/mol. The standard InChI is InChI=1S/C14H17F3N6O5S2/c15-8-9(24)6(2-27-30(19,25)26)28-13(8)23-11-7(10(18)20-4-21-11)12(22-23)29-3-5-1-14(5,16)17/h4-6,8-9,13,24H,1-3H2,(H2,18,20,21)(H2,19,25,26)/t5?,6-,8+,9-,13-/m1/s1. The lowest BCUT2D eigenvalue weighted by atomic mass is 10.1. The van der Waals surface area contributed by atoms with E-state index in [1.807, 2.05) is 0 Å². The molecule has 2 fully saturated rings. The Balaban J connectivity index is 1.61. The highest BCUT2D eigenvalue weighted by atomic mass is 32.2. The van der Waals surface area contributed by atoms with Gasteiger partial charge in [-0.3, -0.25) is 4.18 Å². The maximum Gasteiger partial charge on any atom is 0.333 e. The van der Waals surface area contributed by atoms with Gasteiger partial charge in [-0.15, -0.1) is 11.8 Å². The number of halogens is 3. The van der Waals surface area contributed by atoms with Crippen LogP contribution in [0.5, 0.6) is 0 Å². The fourth-order valence-corrected chi connectivity index (χ4v) is 4.60. The Morgan fingerprint density at radius 3 is 2.77 bits per heavy atom. The second kappa shape index (κ2) is 7.45. The van der Waals surface area contributed by atoms with Gasteiger partial charge < -0.3 is 15.6 Å². The summed E-state index contributed by atoms with van der Waals surface area (Å²) in [6.07, 6.45) is -5.73. The Morgan fingerprint density at radius 2 is 2.13 bits per heavy atom. The highest BCUT2D eigenvalue weighted by Crippen LogP contribution is 2.51. The second-order valence-electron chi connectivity index (χ2n) is 6.96. The molecule has 1 aliphatic heterocycles. The summed E-state index contributed by atoms with van der Waals surface area (Å²) in [5.41, 5.74) is 5.95. The average Bonchev–Trinajstić information content (AvgIpc) is 2.96. The van der Waals surface area contributed by atoms with Crippen molar-refractivity contribution >= 4 is 38.9 Å². The number of hydrogen-bond acceptors (Lipinski definition) is 10. The molecule has 3 heterocycles. The minimum atomic E-state index is -4.33. The Kier molecular flexibility index (Phi) is 5.34. The molecule has 1 saturated carbocycles. The Labute approximate surface area is 172 Å². The molecule has 0 aromatic carbocycles. The third-order valence-corrected chi connectivity index (χ3v) is 6.39. The molecule has 1 aliphatic carbocycles. The Morgan fingerprint density at radius 1 is 1.43 bits per heavy atom. The smallest absolute Gasteiger partial charge is 0.333 e. The van der Waals surface area contributed by atoms with Crippen molar-refractivity contribution in [3.63, 3.8) is 0 Å². The van der Waals surface area contributed by atoms with Crippen molar-refractivity contribution in [2.24, 2.45) is 11.1 Å². The summed E-state index contributed by atoms with van der Waals surface area (Å²) in [6, 6.07) is 0. The van der Waals surface area contributed by atoms with Crippen LogP contribution in [-0.2, 0) is 19.2 Å². The third-order valence-electron chi connectivity index (χ3n) is 4.79. The molecule has 166 valence electrons. The zero-order valence-corrected chi connectivity index (χ0v) is 16.7. The number of aromatic nitrogens is 4. The molecule has 1 saturated heterocycles. The van der Waals surface area contributed by atoms with Crippen LogP contribution in [0, 0.1) is 5.92 Å². The SMILES string of the molecule is Nc1ncnc2c1c(SCC1CC1(F)F)nn2[C@@H]1O[C@H](COS(N)(=O)=O)[C@@H](O)[C@@H]1F. The van der Waals surface area contributed by atoms with Crippen LogP contribution in [0.3, 0.4) is 0 Å². The van der Waals surface area contributed by atoms with E-state index in [1.54, 1.807) is 0 Å². The van der Waals surface area contributed by atoms with Gasteiger partial charge in [0.05, 0.1) is 12.0 Å². The molecule has 16 heteroatoms. The number of aliphatic hydroxyl groups excluding tert-OH is 1. The lowest BCUT2D eigenvalue weighted by Gasteiger charge is -2.14. The summed E-state index contributed by atoms with van der Waals surface area (Å²) in [5.74, 6) is -3.44. The lowest BCUT2D eigenvalue weighted by Crippen LogP contribution is -2.33. The number of anilines is 1. The van der Waals surface area contributed by atoms with Gasteiger partial charge in [-0.25, -0.2) is 33.0 Å². The van der Waals surface area contributed by atoms with E-state index in [-0.39, 0.29) is 34.1 Å². The van der Waals surface area contributed by atoms with Crippen molar-refractivity contribution in [3.05, 3.63) is 6.33 Å². The number of fused-ring (bicyclic) bond motifs is 1. The molecule has 0 bridgehead atoms. The summed E-state index contributed by atoms with van der Waals surface area (Å²) in [5, 5.41) is 19.4. The van der Waals surface area contributed by atoms with Gasteiger partial charge in [-0.2, -0.15) is 13.5 Å². The zero-order chi connectivity index (χ0) is 21.8. The average molecular weight is 470 g/mol. The number of alkyl halides is 3. The summed E-state index contributed by atoms with van der Waals surface area (Å²) >= 11 is 1.00. The van der Waals surface area contributed by atoms with E-state index in [9.17, 15) is 26.7 Å². The molecule has 0 amide bonds. The summed E-state index contributed by atoms with van der Waals surface area (Å²) in [7, 11) is -4.33. The molecule has 5 atom stereocenters. The van der Waals surface area contributed by atoms with E-state index in [2.05, 4.69) is 19.2 Å². The molecular formula is C14H17F3N6O5S2. The molecule has 11 nitrogen and oxygen atoms in total. The maximum atomic E-state index is 14.7. The molecule has 30 heavy (non-hydrogen) atoms. The van der Waals surface area contributed by atoms with Crippen LogP contribution >= 0.6 is 11.8 Å². The van der Waals surface area contributed by atoms with Gasteiger partial charge in [0.2, 0.25) is 0 Å². The van der Waals surface area contributed by atoms with Gasteiger partial charge >= 0.3 is 10.3 Å². The molecule has 1 unspecified atom stereocenters. The number of ether oxygens (including phenoxy) is 1. The van der Waals surface area contributed by atoms with E-state index in [1.165, 1.54) is 0 Å². The fourth-order valence-electron chi connectivity index (χ4n) is 3.07. The van der Waals surface area contributed by atoms with Crippen molar-refractivity contribution in [1.82, 2.24) is 19.7 Å². The minimum absolute atomic E-state index is 0.0133. The number of nitrogen functional groups attached to an aromatic ring is 1. The van der Waals surface area contributed by atoms with Crippen molar-refractivity contribution in [2.75, 3.05) is 18.1 Å². The summed E-state index contributed by atoms with van der Waals surface area (Å²) < 4.78 is 73.8.